The lowest BCUT2D eigenvalue weighted by Gasteiger charge is -2.15. The van der Waals surface area contributed by atoms with Crippen molar-refractivity contribution in [3.63, 3.8) is 0 Å². The number of ether oxygens (including phenoxy) is 1. The Kier molecular flexibility index (Phi) is 5.33. The van der Waals surface area contributed by atoms with Crippen LogP contribution in [0.3, 0.4) is 0 Å². The number of aromatic nitrogens is 1. The summed E-state index contributed by atoms with van der Waals surface area (Å²) in [5.74, 6) is -1.40. The van der Waals surface area contributed by atoms with Crippen molar-refractivity contribution in [3.8, 4) is 0 Å². The molecule has 1 unspecified atom stereocenters. The number of urea groups is 1. The monoisotopic (exact) mass is 421 g/mol. The number of rotatable bonds is 4. The topological polar surface area (TPSA) is 111 Å². The summed E-state index contributed by atoms with van der Waals surface area (Å²) < 4.78 is 5.37. The van der Waals surface area contributed by atoms with E-state index in [0.717, 1.165) is 28.1 Å². The average molecular weight is 421 g/mol. The van der Waals surface area contributed by atoms with Crippen LogP contribution < -0.4 is 11.1 Å². The standard InChI is InChI=1S/C22H19N3O4S/c1-12(20(26)25-22(23)28)29-21(27)18-15-6-2-3-7-17(15)24-19-13(8-9-16(18)19)11-14-5-4-10-30-14/h2-7,10-12H,8-9H2,1H3,(H3,23,25,26,28)/b13-11+. The van der Waals surface area contributed by atoms with Crippen LogP contribution in [0, 0.1) is 0 Å². The quantitative estimate of drug-likeness (QED) is 0.626. The second-order valence-electron chi connectivity index (χ2n) is 6.92. The molecule has 0 bridgehead atoms. The number of nitrogens with two attached hydrogens (primary N) is 1. The van der Waals surface area contributed by atoms with Crippen molar-refractivity contribution in [1.29, 1.82) is 0 Å². The van der Waals surface area contributed by atoms with Gasteiger partial charge in [0.15, 0.2) is 6.10 Å². The first-order valence-corrected chi connectivity index (χ1v) is 10.3. The van der Waals surface area contributed by atoms with E-state index in [-0.39, 0.29) is 0 Å². The van der Waals surface area contributed by atoms with Crippen LogP contribution in [0.4, 0.5) is 4.79 Å². The zero-order valence-corrected chi connectivity index (χ0v) is 17.0. The highest BCUT2D eigenvalue weighted by molar-refractivity contribution is 7.10. The molecule has 7 nitrogen and oxygen atoms in total. The number of nitrogens with zero attached hydrogens (tertiary/aromatic N) is 1. The highest BCUT2D eigenvalue weighted by atomic mass is 32.1. The summed E-state index contributed by atoms with van der Waals surface area (Å²) in [5.41, 5.74) is 8.70. The molecule has 30 heavy (non-hydrogen) atoms. The van der Waals surface area contributed by atoms with Crippen molar-refractivity contribution in [3.05, 3.63) is 63.5 Å². The van der Waals surface area contributed by atoms with Crippen LogP contribution in [0.25, 0.3) is 22.6 Å². The summed E-state index contributed by atoms with van der Waals surface area (Å²) in [6, 6.07) is 10.4. The molecule has 2 heterocycles. The molecule has 8 heteroatoms. The smallest absolute Gasteiger partial charge is 0.339 e. The third-order valence-electron chi connectivity index (χ3n) is 4.91. The molecule has 152 valence electrons. The van der Waals surface area contributed by atoms with Gasteiger partial charge in [-0.3, -0.25) is 10.1 Å². The van der Waals surface area contributed by atoms with Gasteiger partial charge in [-0.15, -0.1) is 11.3 Å². The Hall–Kier alpha value is -3.52. The fourth-order valence-corrected chi connectivity index (χ4v) is 4.24. The number of pyridine rings is 1. The first kappa shape index (κ1) is 19.8. The number of fused-ring (bicyclic) bond motifs is 2. The summed E-state index contributed by atoms with van der Waals surface area (Å²) in [4.78, 5) is 41.8. The maximum atomic E-state index is 13.1. The highest BCUT2D eigenvalue weighted by Gasteiger charge is 2.29. The zero-order valence-electron chi connectivity index (χ0n) is 16.2. The SMILES string of the molecule is CC(OC(=O)c1c2c(nc3ccccc13)/C(=C/c1cccs1)CC2)C(=O)NC(N)=O. The molecule has 1 aliphatic carbocycles. The molecule has 0 spiro atoms. The first-order chi connectivity index (χ1) is 14.4. The number of thiophene rings is 1. The molecule has 0 aliphatic heterocycles. The summed E-state index contributed by atoms with van der Waals surface area (Å²) in [5, 5.41) is 4.60. The molecular weight excluding hydrogens is 402 g/mol. The molecule has 1 aromatic carbocycles. The number of esters is 1. The normalized spacial score (nSPS) is 15.0. The van der Waals surface area contributed by atoms with Gasteiger partial charge in [-0.2, -0.15) is 0 Å². The van der Waals surface area contributed by atoms with Crippen molar-refractivity contribution in [2.24, 2.45) is 5.73 Å². The van der Waals surface area contributed by atoms with E-state index in [1.807, 2.05) is 47.1 Å². The summed E-state index contributed by atoms with van der Waals surface area (Å²) in [6.45, 7) is 1.39. The van der Waals surface area contributed by atoms with Gasteiger partial charge in [0, 0.05) is 10.3 Å². The van der Waals surface area contributed by atoms with Crippen LogP contribution in [0.1, 0.15) is 39.8 Å². The van der Waals surface area contributed by atoms with Gasteiger partial charge in [0.05, 0.1) is 16.8 Å². The number of allylic oxidation sites excluding steroid dienone is 1. The van der Waals surface area contributed by atoms with Crippen LogP contribution in [0.15, 0.2) is 41.8 Å². The third-order valence-corrected chi connectivity index (χ3v) is 5.72. The third kappa shape index (κ3) is 3.81. The van der Waals surface area contributed by atoms with E-state index in [4.69, 9.17) is 15.5 Å². The molecular formula is C22H19N3O4S. The Balaban J connectivity index is 1.75. The number of carbonyl (C=O) groups excluding carboxylic acids is 3. The van der Waals surface area contributed by atoms with Crippen LogP contribution >= 0.6 is 11.3 Å². The van der Waals surface area contributed by atoms with Gasteiger partial charge in [0.1, 0.15) is 0 Å². The van der Waals surface area contributed by atoms with Gasteiger partial charge < -0.3 is 10.5 Å². The fraction of sp³-hybridized carbons (Fsp3) is 0.182. The van der Waals surface area contributed by atoms with Crippen LogP contribution in [-0.4, -0.2) is 29.0 Å². The molecule has 0 saturated carbocycles. The van der Waals surface area contributed by atoms with E-state index in [1.165, 1.54) is 6.92 Å². The largest absolute Gasteiger partial charge is 0.449 e. The van der Waals surface area contributed by atoms with Gasteiger partial charge in [-0.05, 0) is 54.5 Å². The van der Waals surface area contributed by atoms with E-state index in [0.29, 0.717) is 22.9 Å². The van der Waals surface area contributed by atoms with E-state index >= 15 is 0 Å². The molecule has 3 N–H and O–H groups in total. The molecule has 1 atom stereocenters. The minimum atomic E-state index is -1.17. The molecule has 1 aliphatic rings. The number of hydrogen-bond donors (Lipinski definition) is 2. The molecule has 0 saturated heterocycles. The van der Waals surface area contributed by atoms with Crippen molar-refractivity contribution < 1.29 is 19.1 Å². The number of amides is 3. The van der Waals surface area contributed by atoms with Crippen LogP contribution in [0.2, 0.25) is 0 Å². The lowest BCUT2D eigenvalue weighted by molar-refractivity contribution is -0.127. The Morgan fingerprint density at radius 2 is 2.00 bits per heavy atom. The lowest BCUT2D eigenvalue weighted by atomic mass is 10.0. The second-order valence-corrected chi connectivity index (χ2v) is 7.90. The molecule has 0 radical (unpaired) electrons. The average Bonchev–Trinajstić information content (AvgIpc) is 3.36. The minimum absolute atomic E-state index is 0.406. The van der Waals surface area contributed by atoms with Crippen molar-refractivity contribution in [2.45, 2.75) is 25.9 Å². The van der Waals surface area contributed by atoms with E-state index in [9.17, 15) is 14.4 Å². The Labute approximate surface area is 176 Å². The van der Waals surface area contributed by atoms with Crippen LogP contribution in [0.5, 0.6) is 0 Å². The maximum Gasteiger partial charge on any atom is 0.339 e. The van der Waals surface area contributed by atoms with Gasteiger partial charge in [0.2, 0.25) is 0 Å². The number of para-hydroxylation sites is 1. The van der Waals surface area contributed by atoms with Crippen molar-refractivity contribution in [1.82, 2.24) is 10.3 Å². The molecule has 4 rings (SSSR count). The number of benzene rings is 1. The van der Waals surface area contributed by atoms with Gasteiger partial charge in [0.25, 0.3) is 5.91 Å². The minimum Gasteiger partial charge on any atom is -0.449 e. The van der Waals surface area contributed by atoms with Gasteiger partial charge in [-0.25, -0.2) is 14.6 Å². The number of nitrogens with one attached hydrogen (secondary N) is 1. The van der Waals surface area contributed by atoms with Crippen molar-refractivity contribution >= 4 is 51.8 Å². The van der Waals surface area contributed by atoms with E-state index < -0.39 is 24.0 Å². The van der Waals surface area contributed by atoms with Gasteiger partial charge in [-0.1, -0.05) is 24.3 Å². The number of carbonyl (C=O) groups is 3. The number of hydrogen-bond acceptors (Lipinski definition) is 6. The summed E-state index contributed by atoms with van der Waals surface area (Å²) >= 11 is 1.64. The van der Waals surface area contributed by atoms with Gasteiger partial charge >= 0.3 is 12.0 Å². The Bertz CT molecular complexity index is 1180. The summed E-state index contributed by atoms with van der Waals surface area (Å²) in [7, 11) is 0. The number of primary amides is 1. The zero-order chi connectivity index (χ0) is 21.3. The lowest BCUT2D eigenvalue weighted by Crippen LogP contribution is -2.42. The van der Waals surface area contributed by atoms with Crippen molar-refractivity contribution in [2.75, 3.05) is 0 Å². The Morgan fingerprint density at radius 1 is 1.20 bits per heavy atom. The Morgan fingerprint density at radius 3 is 2.73 bits per heavy atom. The molecule has 3 aromatic rings. The predicted molar refractivity (Wildman–Crippen MR) is 115 cm³/mol. The van der Waals surface area contributed by atoms with E-state index in [1.54, 1.807) is 11.3 Å². The van der Waals surface area contributed by atoms with Crippen LogP contribution in [-0.2, 0) is 16.0 Å². The summed E-state index contributed by atoms with van der Waals surface area (Å²) in [6.07, 6.45) is 2.33. The van der Waals surface area contributed by atoms with E-state index in [2.05, 4.69) is 6.08 Å². The highest BCUT2D eigenvalue weighted by Crippen LogP contribution is 2.38. The number of imide groups is 1. The maximum absolute atomic E-state index is 13.1. The fourth-order valence-electron chi connectivity index (χ4n) is 3.55. The predicted octanol–water partition coefficient (Wildman–Crippen LogP) is 3.52. The second kappa shape index (κ2) is 8.08. The first-order valence-electron chi connectivity index (χ1n) is 9.41. The molecule has 3 amide bonds. The molecule has 0 fully saturated rings. The molecule has 2 aromatic heterocycles.